The molecule has 1 aliphatic carbocycles. The Labute approximate surface area is 152 Å². The number of ketones is 1. The van der Waals surface area contributed by atoms with Crippen LogP contribution in [0.25, 0.3) is 5.69 Å². The summed E-state index contributed by atoms with van der Waals surface area (Å²) < 4.78 is 2.04. The zero-order valence-electron chi connectivity index (χ0n) is 15.2. The molecule has 0 radical (unpaired) electrons. The number of aromatic nitrogens is 1. The maximum absolute atomic E-state index is 12.5. The van der Waals surface area contributed by atoms with Crippen molar-refractivity contribution in [1.29, 1.82) is 0 Å². The van der Waals surface area contributed by atoms with E-state index in [1.165, 1.54) is 0 Å². The van der Waals surface area contributed by atoms with Crippen LogP contribution in [0.5, 0.6) is 0 Å². The lowest BCUT2D eigenvalue weighted by atomic mass is 9.76. The number of carbonyl (C=O) groups is 2. The minimum atomic E-state index is -0.568. The lowest BCUT2D eigenvalue weighted by Gasteiger charge is -2.30. The lowest BCUT2D eigenvalue weighted by molar-refractivity contribution is 0.0910. The summed E-state index contributed by atoms with van der Waals surface area (Å²) in [5, 5.41) is 8.97. The fourth-order valence-corrected chi connectivity index (χ4v) is 3.64. The van der Waals surface area contributed by atoms with Gasteiger partial charge in [0, 0.05) is 34.6 Å². The van der Waals surface area contributed by atoms with E-state index in [9.17, 15) is 9.59 Å². The number of benzene rings is 1. The lowest BCUT2D eigenvalue weighted by Crippen LogP contribution is -2.27. The van der Waals surface area contributed by atoms with Crippen molar-refractivity contribution in [3.63, 3.8) is 0 Å². The number of Topliss-reactive ketones (excluding diaryl/α,β-unsaturated/α-hetero) is 1. The highest BCUT2D eigenvalue weighted by molar-refractivity contribution is 5.99. The van der Waals surface area contributed by atoms with Crippen LogP contribution in [0.2, 0.25) is 0 Å². The van der Waals surface area contributed by atoms with Crippen molar-refractivity contribution in [2.45, 2.75) is 33.6 Å². The molecule has 134 valence electrons. The number of carbonyl (C=O) groups excluding carboxylic acids is 2. The minimum absolute atomic E-state index is 0.0979. The van der Waals surface area contributed by atoms with Crippen LogP contribution in [0.15, 0.2) is 24.3 Å². The summed E-state index contributed by atoms with van der Waals surface area (Å²) >= 11 is 0. The summed E-state index contributed by atoms with van der Waals surface area (Å²) in [6.45, 7) is 5.84. The minimum Gasteiger partial charge on any atom is -0.384 e. The van der Waals surface area contributed by atoms with Gasteiger partial charge in [0.2, 0.25) is 5.91 Å². The molecule has 0 spiro atoms. The van der Waals surface area contributed by atoms with E-state index in [-0.39, 0.29) is 17.8 Å². The molecule has 26 heavy (non-hydrogen) atoms. The summed E-state index contributed by atoms with van der Waals surface area (Å²) in [6.07, 6.45) is 1.33. The van der Waals surface area contributed by atoms with Crippen molar-refractivity contribution >= 4 is 11.7 Å². The van der Waals surface area contributed by atoms with E-state index in [0.717, 1.165) is 29.1 Å². The normalized spacial score (nSPS) is 15.2. The molecule has 1 aromatic carbocycles. The first-order valence-electron chi connectivity index (χ1n) is 8.52. The number of hydrogen-bond acceptors (Lipinski definition) is 3. The molecule has 1 aliphatic rings. The van der Waals surface area contributed by atoms with Crippen LogP contribution in [-0.4, -0.2) is 28.0 Å². The Balaban J connectivity index is 2.19. The second-order valence-electron chi connectivity index (χ2n) is 7.48. The predicted molar refractivity (Wildman–Crippen MR) is 99.4 cm³/mol. The van der Waals surface area contributed by atoms with E-state index in [4.69, 9.17) is 10.8 Å². The van der Waals surface area contributed by atoms with Crippen molar-refractivity contribution in [2.75, 3.05) is 6.61 Å². The monoisotopic (exact) mass is 350 g/mol. The second kappa shape index (κ2) is 6.47. The quantitative estimate of drug-likeness (QED) is 0.816. The van der Waals surface area contributed by atoms with Crippen molar-refractivity contribution < 1.29 is 14.7 Å². The summed E-state index contributed by atoms with van der Waals surface area (Å²) in [5.41, 5.74) is 9.63. The number of primary amides is 1. The Morgan fingerprint density at radius 3 is 2.69 bits per heavy atom. The van der Waals surface area contributed by atoms with E-state index in [1.807, 2.05) is 23.6 Å². The molecule has 3 rings (SSSR count). The largest absolute Gasteiger partial charge is 0.384 e. The summed E-state index contributed by atoms with van der Waals surface area (Å²) in [5.74, 6) is 4.95. The van der Waals surface area contributed by atoms with Crippen molar-refractivity contribution in [1.82, 2.24) is 4.57 Å². The number of aliphatic hydroxyl groups is 1. The van der Waals surface area contributed by atoms with Crippen LogP contribution in [0.1, 0.15) is 57.9 Å². The number of aryl methyl sites for hydroxylation is 1. The third kappa shape index (κ3) is 3.16. The zero-order chi connectivity index (χ0) is 19.1. The maximum Gasteiger partial charge on any atom is 0.249 e. The average molecular weight is 350 g/mol. The van der Waals surface area contributed by atoms with Crippen molar-refractivity contribution in [3.05, 3.63) is 52.3 Å². The number of hydrogen-bond donors (Lipinski definition) is 2. The Morgan fingerprint density at radius 1 is 1.31 bits per heavy atom. The molecule has 5 nitrogen and oxygen atoms in total. The van der Waals surface area contributed by atoms with Gasteiger partial charge >= 0.3 is 0 Å². The Bertz CT molecular complexity index is 971. The second-order valence-corrected chi connectivity index (χ2v) is 7.48. The molecule has 0 fully saturated rings. The topological polar surface area (TPSA) is 85.3 Å². The highest BCUT2D eigenvalue weighted by Gasteiger charge is 2.34. The standard InChI is InChI=1S/C21H22N2O3/c1-13-9-17-18(11-21(2,3)12-19(17)25)23(13)15-6-7-16(20(22)26)14(10-15)5-4-8-24/h6-7,9-10,24H,8,11-12H2,1-3H3,(H2,22,26). The number of nitrogens with two attached hydrogens (primary N) is 1. The van der Waals surface area contributed by atoms with Gasteiger partial charge in [-0.05, 0) is 43.0 Å². The molecule has 0 saturated heterocycles. The van der Waals surface area contributed by atoms with Crippen LogP contribution in [0.3, 0.4) is 0 Å². The number of nitrogens with zero attached hydrogens (tertiary/aromatic N) is 1. The van der Waals surface area contributed by atoms with Crippen LogP contribution in [0, 0.1) is 24.2 Å². The van der Waals surface area contributed by atoms with Gasteiger partial charge in [0.15, 0.2) is 5.78 Å². The van der Waals surface area contributed by atoms with Crippen LogP contribution in [-0.2, 0) is 6.42 Å². The molecule has 0 bridgehead atoms. The van der Waals surface area contributed by atoms with Gasteiger partial charge in [0.05, 0.1) is 5.56 Å². The average Bonchev–Trinajstić information content (AvgIpc) is 2.87. The highest BCUT2D eigenvalue weighted by Crippen LogP contribution is 2.37. The van der Waals surface area contributed by atoms with E-state index in [0.29, 0.717) is 17.5 Å². The molecule has 1 aromatic heterocycles. The van der Waals surface area contributed by atoms with E-state index in [1.54, 1.807) is 12.1 Å². The Kier molecular flexibility index (Phi) is 4.47. The van der Waals surface area contributed by atoms with Gasteiger partial charge in [0.1, 0.15) is 6.61 Å². The summed E-state index contributed by atoms with van der Waals surface area (Å²) in [4.78, 5) is 24.2. The number of rotatable bonds is 2. The summed E-state index contributed by atoms with van der Waals surface area (Å²) in [7, 11) is 0. The Hall–Kier alpha value is -2.84. The Morgan fingerprint density at radius 2 is 2.04 bits per heavy atom. The van der Waals surface area contributed by atoms with Crippen molar-refractivity contribution in [3.8, 4) is 17.5 Å². The zero-order valence-corrected chi connectivity index (χ0v) is 15.2. The third-order valence-electron chi connectivity index (χ3n) is 4.70. The van der Waals surface area contributed by atoms with Crippen LogP contribution in [0.4, 0.5) is 0 Å². The van der Waals surface area contributed by atoms with Crippen LogP contribution < -0.4 is 5.73 Å². The maximum atomic E-state index is 12.5. The molecule has 0 saturated carbocycles. The van der Waals surface area contributed by atoms with E-state index in [2.05, 4.69) is 25.7 Å². The predicted octanol–water partition coefficient (Wildman–Crippen LogP) is 2.38. The number of amides is 1. The molecule has 0 atom stereocenters. The van der Waals surface area contributed by atoms with Gasteiger partial charge < -0.3 is 15.4 Å². The molecular formula is C21H22N2O3. The van der Waals surface area contributed by atoms with Gasteiger partial charge in [-0.25, -0.2) is 0 Å². The molecular weight excluding hydrogens is 328 g/mol. The fraction of sp³-hybridized carbons (Fsp3) is 0.333. The SMILES string of the molecule is Cc1cc2c(n1-c1ccc(C(N)=O)c(C#CCO)c1)CC(C)(C)CC2=O. The van der Waals surface area contributed by atoms with E-state index >= 15 is 0 Å². The van der Waals surface area contributed by atoms with Gasteiger partial charge in [-0.2, -0.15) is 0 Å². The number of fused-ring (bicyclic) bond motifs is 1. The van der Waals surface area contributed by atoms with Gasteiger partial charge in [-0.1, -0.05) is 25.7 Å². The molecule has 0 aliphatic heterocycles. The smallest absolute Gasteiger partial charge is 0.249 e. The first-order chi connectivity index (χ1) is 12.2. The number of aliphatic hydroxyl groups excluding tert-OH is 1. The third-order valence-corrected chi connectivity index (χ3v) is 4.70. The van der Waals surface area contributed by atoms with Crippen LogP contribution >= 0.6 is 0 Å². The first-order valence-corrected chi connectivity index (χ1v) is 8.52. The summed E-state index contributed by atoms with van der Waals surface area (Å²) in [6, 6.07) is 7.15. The molecule has 1 heterocycles. The van der Waals surface area contributed by atoms with Gasteiger partial charge in [-0.15, -0.1) is 0 Å². The molecule has 1 amide bonds. The van der Waals surface area contributed by atoms with Gasteiger partial charge in [-0.3, -0.25) is 9.59 Å². The fourth-order valence-electron chi connectivity index (χ4n) is 3.64. The molecule has 5 heteroatoms. The molecule has 0 unspecified atom stereocenters. The van der Waals surface area contributed by atoms with Crippen molar-refractivity contribution in [2.24, 2.45) is 11.1 Å². The molecule has 3 N–H and O–H groups in total. The van der Waals surface area contributed by atoms with E-state index < -0.39 is 5.91 Å². The van der Waals surface area contributed by atoms with Gasteiger partial charge in [0.25, 0.3) is 0 Å². The molecule has 2 aromatic rings. The highest BCUT2D eigenvalue weighted by atomic mass is 16.2. The first kappa shape index (κ1) is 18.0.